The molecule has 2 aromatic rings. The summed E-state index contributed by atoms with van der Waals surface area (Å²) in [6, 6.07) is 7.00. The van der Waals surface area contributed by atoms with Crippen LogP contribution in [0.25, 0.3) is 10.8 Å². The Morgan fingerprint density at radius 1 is 0.941 bits per heavy atom. The summed E-state index contributed by atoms with van der Waals surface area (Å²) >= 11 is 1.99. The second-order valence-corrected chi connectivity index (χ2v) is 4.47. The maximum atomic E-state index is 10.8. The zero-order chi connectivity index (χ0) is 12.6. The van der Waals surface area contributed by atoms with E-state index in [0.29, 0.717) is 10.8 Å². The van der Waals surface area contributed by atoms with Crippen LogP contribution < -0.4 is 0 Å². The molecule has 7 heteroatoms. The summed E-state index contributed by atoms with van der Waals surface area (Å²) in [7, 11) is 0. The third-order valence-corrected chi connectivity index (χ3v) is 3.27. The third kappa shape index (κ3) is 2.05. The highest BCUT2D eigenvalue weighted by Gasteiger charge is 2.16. The fourth-order valence-electron chi connectivity index (χ4n) is 1.56. The maximum absolute atomic E-state index is 10.8. The van der Waals surface area contributed by atoms with Crippen molar-refractivity contribution < 1.29 is 9.85 Å². The predicted molar refractivity (Wildman–Crippen MR) is 70.0 cm³/mol. The average Bonchev–Trinajstić information content (AvgIpc) is 2.28. The molecule has 0 saturated heterocycles. The van der Waals surface area contributed by atoms with Crippen molar-refractivity contribution in [3.05, 3.63) is 54.1 Å². The molecule has 0 radical (unpaired) electrons. The summed E-state index contributed by atoms with van der Waals surface area (Å²) in [5.41, 5.74) is -0.119. The Labute approximate surface area is 109 Å². The van der Waals surface area contributed by atoms with Gasteiger partial charge in [0.25, 0.3) is 11.4 Å². The number of hydrogen-bond acceptors (Lipinski definition) is 4. The number of nitro groups is 2. The maximum Gasteiger partial charge on any atom is 0.277 e. The van der Waals surface area contributed by atoms with Gasteiger partial charge in [-0.05, 0) is 34.7 Å². The number of halogens is 1. The van der Waals surface area contributed by atoms with E-state index in [0.717, 1.165) is 3.57 Å². The van der Waals surface area contributed by atoms with E-state index in [1.54, 1.807) is 6.07 Å². The minimum absolute atomic E-state index is 0.0460. The van der Waals surface area contributed by atoms with Crippen LogP contribution in [0.4, 0.5) is 11.4 Å². The summed E-state index contributed by atoms with van der Waals surface area (Å²) < 4.78 is 0.743. The lowest BCUT2D eigenvalue weighted by atomic mass is 10.1. The van der Waals surface area contributed by atoms with Gasteiger partial charge in [-0.25, -0.2) is 0 Å². The Balaban J connectivity index is 2.82. The van der Waals surface area contributed by atoms with E-state index in [1.807, 2.05) is 22.6 Å². The van der Waals surface area contributed by atoms with E-state index < -0.39 is 9.85 Å². The van der Waals surface area contributed by atoms with Crippen molar-refractivity contribution in [2.45, 2.75) is 0 Å². The Morgan fingerprint density at radius 2 is 1.65 bits per heavy atom. The van der Waals surface area contributed by atoms with Crippen molar-refractivity contribution in [3.8, 4) is 0 Å². The fourth-order valence-corrected chi connectivity index (χ4v) is 2.18. The van der Waals surface area contributed by atoms with E-state index >= 15 is 0 Å². The van der Waals surface area contributed by atoms with E-state index in [-0.39, 0.29) is 11.4 Å². The normalized spacial score (nSPS) is 10.4. The smallest absolute Gasteiger partial charge is 0.258 e. The first-order valence-corrected chi connectivity index (χ1v) is 5.59. The number of benzene rings is 2. The van der Waals surface area contributed by atoms with Crippen LogP contribution in [-0.2, 0) is 0 Å². The molecule has 86 valence electrons. The highest BCUT2D eigenvalue weighted by molar-refractivity contribution is 14.1. The lowest BCUT2D eigenvalue weighted by molar-refractivity contribution is -0.385. The lowest BCUT2D eigenvalue weighted by Crippen LogP contribution is -1.93. The Hall–Kier alpha value is -1.77. The third-order valence-electron chi connectivity index (χ3n) is 2.33. The number of non-ortho nitro benzene ring substituents is 2. The molecule has 0 unspecified atom stereocenters. The molecular weight excluding hydrogens is 339 g/mol. The topological polar surface area (TPSA) is 86.3 Å². The molecule has 2 aromatic carbocycles. The summed E-state index contributed by atoms with van der Waals surface area (Å²) in [5, 5.41) is 22.4. The van der Waals surface area contributed by atoms with E-state index in [2.05, 4.69) is 0 Å². The van der Waals surface area contributed by atoms with Crippen LogP contribution in [0, 0.1) is 23.8 Å². The molecule has 6 nitrogen and oxygen atoms in total. The summed E-state index contributed by atoms with van der Waals surface area (Å²) in [4.78, 5) is 20.4. The first-order chi connectivity index (χ1) is 8.00. The van der Waals surface area contributed by atoms with Crippen molar-refractivity contribution in [3.63, 3.8) is 0 Å². The molecule has 17 heavy (non-hydrogen) atoms. The highest BCUT2D eigenvalue weighted by Crippen LogP contribution is 2.31. The van der Waals surface area contributed by atoms with E-state index in [9.17, 15) is 20.2 Å². The molecular formula is C10H5IN2O4. The number of rotatable bonds is 2. The van der Waals surface area contributed by atoms with Gasteiger partial charge in [-0.1, -0.05) is 0 Å². The van der Waals surface area contributed by atoms with Crippen LogP contribution in [0.1, 0.15) is 0 Å². The molecule has 0 aliphatic carbocycles. The molecule has 2 rings (SSSR count). The van der Waals surface area contributed by atoms with Crippen LogP contribution in [0.5, 0.6) is 0 Å². The molecule has 0 aliphatic rings. The van der Waals surface area contributed by atoms with Crippen molar-refractivity contribution in [2.24, 2.45) is 0 Å². The standard InChI is InChI=1S/C10H5IN2O4/c11-9-3-4-10(13(16)17)7-2-1-6(12(14)15)5-8(7)9/h1-5H. The summed E-state index contributed by atoms with van der Waals surface area (Å²) in [5.74, 6) is 0. The molecule has 0 bridgehead atoms. The lowest BCUT2D eigenvalue weighted by Gasteiger charge is -2.01. The quantitative estimate of drug-likeness (QED) is 0.475. The van der Waals surface area contributed by atoms with Gasteiger partial charge in [0.2, 0.25) is 0 Å². The monoisotopic (exact) mass is 344 g/mol. The zero-order valence-corrected chi connectivity index (χ0v) is 10.4. The van der Waals surface area contributed by atoms with Gasteiger partial charge in [-0.2, -0.15) is 0 Å². The van der Waals surface area contributed by atoms with Crippen molar-refractivity contribution in [2.75, 3.05) is 0 Å². The molecule has 0 N–H and O–H groups in total. The Kier molecular flexibility index (Phi) is 2.92. The van der Waals surface area contributed by atoms with Crippen LogP contribution in [-0.4, -0.2) is 9.85 Å². The minimum Gasteiger partial charge on any atom is -0.258 e. The minimum atomic E-state index is -0.519. The molecule has 0 amide bonds. The van der Waals surface area contributed by atoms with Crippen LogP contribution in [0.15, 0.2) is 30.3 Å². The second-order valence-electron chi connectivity index (χ2n) is 3.31. The molecule has 0 aliphatic heterocycles. The van der Waals surface area contributed by atoms with Gasteiger partial charge in [0.15, 0.2) is 0 Å². The van der Waals surface area contributed by atoms with Crippen LogP contribution in [0.3, 0.4) is 0 Å². The fraction of sp³-hybridized carbons (Fsp3) is 0. The number of fused-ring (bicyclic) bond motifs is 1. The average molecular weight is 344 g/mol. The first kappa shape index (κ1) is 11.7. The molecule has 0 spiro atoms. The van der Waals surface area contributed by atoms with Crippen LogP contribution in [0.2, 0.25) is 0 Å². The molecule has 0 atom stereocenters. The van der Waals surface area contributed by atoms with Crippen molar-refractivity contribution in [1.82, 2.24) is 0 Å². The molecule has 0 saturated carbocycles. The number of nitro benzene ring substituents is 2. The molecule has 0 heterocycles. The Bertz CT molecular complexity index is 641. The molecule has 0 aromatic heterocycles. The summed E-state index contributed by atoms with van der Waals surface area (Å²) in [6.07, 6.45) is 0. The van der Waals surface area contributed by atoms with Gasteiger partial charge < -0.3 is 0 Å². The highest BCUT2D eigenvalue weighted by atomic mass is 127. The predicted octanol–water partition coefficient (Wildman–Crippen LogP) is 3.26. The van der Waals surface area contributed by atoms with E-state index in [4.69, 9.17) is 0 Å². The van der Waals surface area contributed by atoms with Gasteiger partial charge in [-0.15, -0.1) is 0 Å². The largest absolute Gasteiger partial charge is 0.277 e. The zero-order valence-electron chi connectivity index (χ0n) is 8.29. The summed E-state index contributed by atoms with van der Waals surface area (Å²) in [6.45, 7) is 0. The molecule has 0 fully saturated rings. The first-order valence-electron chi connectivity index (χ1n) is 4.52. The van der Waals surface area contributed by atoms with Gasteiger partial charge in [0.05, 0.1) is 15.2 Å². The van der Waals surface area contributed by atoms with Gasteiger partial charge >= 0.3 is 0 Å². The second kappa shape index (κ2) is 4.24. The van der Waals surface area contributed by atoms with Gasteiger partial charge in [-0.3, -0.25) is 20.2 Å². The van der Waals surface area contributed by atoms with E-state index in [1.165, 1.54) is 24.3 Å². The van der Waals surface area contributed by atoms with Gasteiger partial charge in [0, 0.05) is 27.2 Å². The number of nitrogens with zero attached hydrogens (tertiary/aromatic N) is 2. The van der Waals surface area contributed by atoms with Crippen molar-refractivity contribution in [1.29, 1.82) is 0 Å². The Morgan fingerprint density at radius 3 is 2.24 bits per heavy atom. The number of hydrogen-bond donors (Lipinski definition) is 0. The SMILES string of the molecule is O=[N+]([O-])c1ccc2c([N+](=O)[O-])ccc(I)c2c1. The van der Waals surface area contributed by atoms with Gasteiger partial charge in [0.1, 0.15) is 0 Å². The van der Waals surface area contributed by atoms with Crippen molar-refractivity contribution >= 4 is 44.7 Å². The van der Waals surface area contributed by atoms with Crippen LogP contribution >= 0.6 is 22.6 Å².